The van der Waals surface area contributed by atoms with Gasteiger partial charge in [0.15, 0.2) is 5.16 Å². The van der Waals surface area contributed by atoms with Crippen LogP contribution in [-0.4, -0.2) is 40.8 Å². The fourth-order valence-corrected chi connectivity index (χ4v) is 3.06. The lowest BCUT2D eigenvalue weighted by Gasteiger charge is -2.10. The Morgan fingerprint density at radius 2 is 1.92 bits per heavy atom. The number of hydrazine groups is 1. The number of nitrogens with zero attached hydrogens (tertiary/aromatic N) is 2. The summed E-state index contributed by atoms with van der Waals surface area (Å²) in [5.41, 5.74) is 6.80. The lowest BCUT2D eigenvalue weighted by atomic mass is 10.2. The van der Waals surface area contributed by atoms with Crippen molar-refractivity contribution in [1.82, 2.24) is 20.4 Å². The molecule has 0 fully saturated rings. The molecule has 26 heavy (non-hydrogen) atoms. The summed E-state index contributed by atoms with van der Waals surface area (Å²) in [6.07, 6.45) is 0. The van der Waals surface area contributed by atoms with Gasteiger partial charge in [-0.15, -0.1) is 0 Å². The van der Waals surface area contributed by atoms with Gasteiger partial charge in [0, 0.05) is 24.9 Å². The highest BCUT2D eigenvalue weighted by Gasteiger charge is 2.14. The van der Waals surface area contributed by atoms with Crippen LogP contribution in [0.3, 0.4) is 0 Å². The van der Waals surface area contributed by atoms with Gasteiger partial charge in [0.2, 0.25) is 5.91 Å². The Labute approximate surface area is 155 Å². The molecule has 0 aliphatic heterocycles. The fourth-order valence-electron chi connectivity index (χ4n) is 2.15. The molecule has 2 amide bonds. The topological polar surface area (TPSA) is 85.2 Å². The van der Waals surface area contributed by atoms with Crippen LogP contribution in [0.15, 0.2) is 29.4 Å². The van der Waals surface area contributed by atoms with Crippen molar-refractivity contribution in [3.63, 3.8) is 0 Å². The van der Waals surface area contributed by atoms with Crippen molar-refractivity contribution in [2.45, 2.75) is 25.5 Å². The first-order valence-electron chi connectivity index (χ1n) is 7.92. The molecule has 140 valence electrons. The Hall–Kier alpha value is -2.39. The first-order valence-corrected chi connectivity index (χ1v) is 8.91. The Morgan fingerprint density at radius 1 is 1.23 bits per heavy atom. The molecular formula is C17H21FN4O3S. The summed E-state index contributed by atoms with van der Waals surface area (Å²) in [5.74, 6) is -1.23. The second-order valence-electron chi connectivity index (χ2n) is 5.51. The van der Waals surface area contributed by atoms with E-state index in [0.29, 0.717) is 13.2 Å². The van der Waals surface area contributed by atoms with Crippen molar-refractivity contribution < 1.29 is 18.7 Å². The van der Waals surface area contributed by atoms with E-state index in [-0.39, 0.29) is 17.2 Å². The number of hydrogen-bond donors (Lipinski definition) is 2. The quantitative estimate of drug-likeness (QED) is 0.566. The second-order valence-corrected chi connectivity index (χ2v) is 6.45. The van der Waals surface area contributed by atoms with Crippen LogP contribution in [0.25, 0.3) is 0 Å². The van der Waals surface area contributed by atoms with Gasteiger partial charge < -0.3 is 9.30 Å². The number of amides is 2. The molecule has 0 unspecified atom stereocenters. The van der Waals surface area contributed by atoms with Gasteiger partial charge in [0.25, 0.3) is 5.91 Å². The lowest BCUT2D eigenvalue weighted by Crippen LogP contribution is -2.42. The summed E-state index contributed by atoms with van der Waals surface area (Å²) in [7, 11) is 1.63. The molecule has 0 bridgehead atoms. The Kier molecular flexibility index (Phi) is 7.16. The zero-order valence-electron chi connectivity index (χ0n) is 14.8. The minimum absolute atomic E-state index is 0.0899. The van der Waals surface area contributed by atoms with Crippen LogP contribution in [0, 0.1) is 19.7 Å². The molecule has 2 N–H and O–H groups in total. The monoisotopic (exact) mass is 380 g/mol. The molecule has 1 aromatic carbocycles. The van der Waals surface area contributed by atoms with E-state index in [9.17, 15) is 14.0 Å². The van der Waals surface area contributed by atoms with Crippen molar-refractivity contribution in [3.05, 3.63) is 47.0 Å². The lowest BCUT2D eigenvalue weighted by molar-refractivity contribution is -0.119. The molecule has 1 aromatic heterocycles. The molecule has 2 rings (SSSR count). The maximum absolute atomic E-state index is 12.8. The van der Waals surface area contributed by atoms with E-state index in [2.05, 4.69) is 15.8 Å². The molecule has 0 saturated heterocycles. The Bertz CT molecular complexity index is 777. The number of hydrogen-bond acceptors (Lipinski definition) is 5. The third-order valence-corrected chi connectivity index (χ3v) is 4.67. The number of aromatic nitrogens is 2. The van der Waals surface area contributed by atoms with Crippen molar-refractivity contribution in [1.29, 1.82) is 0 Å². The van der Waals surface area contributed by atoms with E-state index in [4.69, 9.17) is 4.74 Å². The number of carbonyl (C=O) groups excluding carboxylic acids is 2. The van der Waals surface area contributed by atoms with Crippen molar-refractivity contribution in [3.8, 4) is 0 Å². The number of rotatable bonds is 7. The standard InChI is InChI=1S/C17H21FN4O3S/c1-11-12(2)22(8-9-25-3)17(19-11)26-10-15(23)20-21-16(24)13-4-6-14(18)7-5-13/h4-7H,8-10H2,1-3H3,(H,20,23)(H,21,24). The Balaban J connectivity index is 1.86. The zero-order valence-corrected chi connectivity index (χ0v) is 15.7. The molecule has 0 aliphatic carbocycles. The molecule has 0 spiro atoms. The van der Waals surface area contributed by atoms with Crippen LogP contribution in [0.5, 0.6) is 0 Å². The highest BCUT2D eigenvalue weighted by molar-refractivity contribution is 7.99. The number of thioether (sulfide) groups is 1. The van der Waals surface area contributed by atoms with Crippen LogP contribution in [0.1, 0.15) is 21.7 Å². The molecule has 0 radical (unpaired) electrons. The van der Waals surface area contributed by atoms with Crippen LogP contribution in [-0.2, 0) is 16.1 Å². The summed E-state index contributed by atoms with van der Waals surface area (Å²) in [6, 6.07) is 5.03. The first-order chi connectivity index (χ1) is 12.4. The predicted octanol–water partition coefficient (Wildman–Crippen LogP) is 1.84. The van der Waals surface area contributed by atoms with E-state index in [1.807, 2.05) is 18.4 Å². The first kappa shape index (κ1) is 19.9. The number of methoxy groups -OCH3 is 1. The van der Waals surface area contributed by atoms with E-state index in [1.165, 1.54) is 36.0 Å². The van der Waals surface area contributed by atoms with Crippen molar-refractivity contribution in [2.24, 2.45) is 0 Å². The number of aryl methyl sites for hydroxylation is 1. The van der Waals surface area contributed by atoms with Gasteiger partial charge in [-0.3, -0.25) is 20.4 Å². The van der Waals surface area contributed by atoms with Gasteiger partial charge in [-0.25, -0.2) is 9.37 Å². The molecular weight excluding hydrogens is 359 g/mol. The van der Waals surface area contributed by atoms with Gasteiger partial charge in [-0.05, 0) is 38.1 Å². The molecule has 1 heterocycles. The van der Waals surface area contributed by atoms with E-state index in [1.54, 1.807) is 7.11 Å². The molecule has 7 nitrogen and oxygen atoms in total. The largest absolute Gasteiger partial charge is 0.383 e. The van der Waals surface area contributed by atoms with Crippen LogP contribution in [0.2, 0.25) is 0 Å². The SMILES string of the molecule is COCCn1c(SCC(=O)NNC(=O)c2ccc(F)cc2)nc(C)c1C. The number of halogens is 1. The van der Waals surface area contributed by atoms with E-state index in [0.717, 1.165) is 16.5 Å². The number of benzene rings is 1. The Morgan fingerprint density at radius 3 is 2.58 bits per heavy atom. The smallest absolute Gasteiger partial charge is 0.269 e. The van der Waals surface area contributed by atoms with Gasteiger partial charge in [0.05, 0.1) is 18.1 Å². The molecule has 0 saturated carbocycles. The van der Waals surface area contributed by atoms with E-state index < -0.39 is 11.7 Å². The number of carbonyl (C=O) groups is 2. The minimum Gasteiger partial charge on any atom is -0.383 e. The zero-order chi connectivity index (χ0) is 19.1. The molecule has 9 heteroatoms. The van der Waals surface area contributed by atoms with Crippen molar-refractivity contribution in [2.75, 3.05) is 19.5 Å². The summed E-state index contributed by atoms with van der Waals surface area (Å²) in [6.45, 7) is 5.06. The van der Waals surface area contributed by atoms with Crippen LogP contribution in [0.4, 0.5) is 4.39 Å². The summed E-state index contributed by atoms with van der Waals surface area (Å²) < 4.78 is 19.9. The summed E-state index contributed by atoms with van der Waals surface area (Å²) in [5, 5.41) is 0.720. The van der Waals surface area contributed by atoms with Crippen LogP contribution >= 0.6 is 11.8 Å². The second kappa shape index (κ2) is 9.35. The normalized spacial score (nSPS) is 10.6. The highest BCUT2D eigenvalue weighted by atomic mass is 32.2. The number of ether oxygens (including phenoxy) is 1. The summed E-state index contributed by atoms with van der Waals surface area (Å²) in [4.78, 5) is 28.3. The fraction of sp³-hybridized carbons (Fsp3) is 0.353. The maximum atomic E-state index is 12.8. The molecule has 0 atom stereocenters. The summed E-state index contributed by atoms with van der Waals surface area (Å²) >= 11 is 1.27. The average Bonchev–Trinajstić information content (AvgIpc) is 2.90. The molecule has 0 aliphatic rings. The minimum atomic E-state index is -0.517. The average molecular weight is 380 g/mol. The van der Waals surface area contributed by atoms with Gasteiger partial charge in [-0.1, -0.05) is 11.8 Å². The van der Waals surface area contributed by atoms with Crippen LogP contribution < -0.4 is 10.9 Å². The van der Waals surface area contributed by atoms with E-state index >= 15 is 0 Å². The third-order valence-electron chi connectivity index (χ3n) is 3.70. The number of nitrogens with one attached hydrogen (secondary N) is 2. The van der Waals surface area contributed by atoms with Gasteiger partial charge in [-0.2, -0.15) is 0 Å². The molecule has 2 aromatic rings. The van der Waals surface area contributed by atoms with Crippen molar-refractivity contribution >= 4 is 23.6 Å². The third kappa shape index (κ3) is 5.30. The highest BCUT2D eigenvalue weighted by Crippen LogP contribution is 2.20. The van der Waals surface area contributed by atoms with Gasteiger partial charge in [0.1, 0.15) is 5.82 Å². The predicted molar refractivity (Wildman–Crippen MR) is 96.3 cm³/mol. The van der Waals surface area contributed by atoms with Gasteiger partial charge >= 0.3 is 0 Å². The number of imidazole rings is 1. The maximum Gasteiger partial charge on any atom is 0.269 e.